The van der Waals surface area contributed by atoms with Crippen LogP contribution in [-0.4, -0.2) is 26.3 Å². The van der Waals surface area contributed by atoms with Crippen LogP contribution in [0.1, 0.15) is 39.5 Å². The Labute approximate surface area is 88.7 Å². The predicted octanol–water partition coefficient (Wildman–Crippen LogP) is 2.75. The quantitative estimate of drug-likeness (QED) is 0.431. The van der Waals surface area contributed by atoms with Gasteiger partial charge in [0.15, 0.2) is 0 Å². The molecule has 0 aliphatic rings. The van der Waals surface area contributed by atoms with E-state index in [-0.39, 0.29) is 0 Å². The highest BCUT2D eigenvalue weighted by atomic mass is 16.5. The molecule has 0 rings (SSSR count). The third kappa shape index (κ3) is 11.7. The topological polar surface area (TPSA) is 21.3 Å². The predicted molar refractivity (Wildman–Crippen MR) is 62.6 cm³/mol. The molecular weight excluding hydrogens is 174 g/mol. The van der Waals surface area contributed by atoms with Gasteiger partial charge >= 0.3 is 0 Å². The molecule has 0 aromatic rings. The molecule has 0 saturated carbocycles. The molecule has 1 N–H and O–H groups in total. The van der Waals surface area contributed by atoms with Gasteiger partial charge in [0.1, 0.15) is 0 Å². The zero-order valence-electron chi connectivity index (χ0n) is 9.77. The maximum absolute atomic E-state index is 5.43. The fourth-order valence-corrected chi connectivity index (χ4v) is 1.12. The maximum atomic E-state index is 5.43. The number of hydrogen-bond donors (Lipinski definition) is 1. The van der Waals surface area contributed by atoms with E-state index in [0.29, 0.717) is 0 Å². The first-order chi connectivity index (χ1) is 6.77. The third-order valence-electron chi connectivity index (χ3n) is 2.05. The molecular formula is C12H25NO. The van der Waals surface area contributed by atoms with Crippen LogP contribution in [0.4, 0.5) is 0 Å². The smallest absolute Gasteiger partial charge is 0.0591 e. The Morgan fingerprint density at radius 2 is 2.00 bits per heavy atom. The lowest BCUT2D eigenvalue weighted by Crippen LogP contribution is -2.21. The molecule has 0 unspecified atom stereocenters. The van der Waals surface area contributed by atoms with Crippen molar-refractivity contribution in [3.05, 3.63) is 12.2 Å². The number of unbranched alkanes of at least 4 members (excludes halogenated alkanes) is 2. The molecule has 0 spiro atoms. The Bertz CT molecular complexity index is 134. The highest BCUT2D eigenvalue weighted by Gasteiger charge is 1.90. The molecule has 0 aliphatic carbocycles. The highest BCUT2D eigenvalue weighted by molar-refractivity contribution is 4.86. The summed E-state index contributed by atoms with van der Waals surface area (Å²) >= 11 is 0. The molecule has 0 aliphatic heterocycles. The van der Waals surface area contributed by atoms with Crippen LogP contribution in [0.15, 0.2) is 12.2 Å². The van der Waals surface area contributed by atoms with E-state index >= 15 is 0 Å². The second kappa shape index (κ2) is 10.7. The van der Waals surface area contributed by atoms with Gasteiger partial charge in [-0.05, 0) is 26.3 Å². The summed E-state index contributed by atoms with van der Waals surface area (Å²) in [6.45, 7) is 11.8. The first kappa shape index (κ1) is 13.7. The molecule has 0 heterocycles. The van der Waals surface area contributed by atoms with Crippen LogP contribution in [0.25, 0.3) is 0 Å². The minimum Gasteiger partial charge on any atom is -0.380 e. The summed E-state index contributed by atoms with van der Waals surface area (Å²) in [5.41, 5.74) is 1.20. The Hall–Kier alpha value is -0.340. The minimum atomic E-state index is 0.811. The maximum Gasteiger partial charge on any atom is 0.0591 e. The van der Waals surface area contributed by atoms with Crippen molar-refractivity contribution in [3.8, 4) is 0 Å². The minimum absolute atomic E-state index is 0.811. The average Bonchev–Trinajstić information content (AvgIpc) is 2.15. The molecule has 2 nitrogen and oxygen atoms in total. The van der Waals surface area contributed by atoms with Gasteiger partial charge in [0.05, 0.1) is 13.2 Å². The fraction of sp³-hybridized carbons (Fsp3) is 0.833. The molecule has 0 atom stereocenters. The lowest BCUT2D eigenvalue weighted by atomic mass is 10.2. The lowest BCUT2D eigenvalue weighted by Gasteiger charge is -2.05. The van der Waals surface area contributed by atoms with E-state index in [9.17, 15) is 0 Å². The van der Waals surface area contributed by atoms with Crippen molar-refractivity contribution in [2.45, 2.75) is 39.5 Å². The first-order valence-electron chi connectivity index (χ1n) is 5.70. The third-order valence-corrected chi connectivity index (χ3v) is 2.05. The normalized spacial score (nSPS) is 10.4. The van der Waals surface area contributed by atoms with Crippen molar-refractivity contribution >= 4 is 0 Å². The van der Waals surface area contributed by atoms with E-state index in [4.69, 9.17) is 4.74 Å². The number of nitrogens with one attached hydrogen (secondary N) is 1. The van der Waals surface area contributed by atoms with E-state index in [0.717, 1.165) is 32.7 Å². The van der Waals surface area contributed by atoms with Crippen molar-refractivity contribution in [1.82, 2.24) is 5.32 Å². The SMILES string of the molecule is C=C(C)CCOCCNCCCCC. The van der Waals surface area contributed by atoms with Crippen LogP contribution in [0.5, 0.6) is 0 Å². The van der Waals surface area contributed by atoms with E-state index in [1.54, 1.807) is 0 Å². The Balaban J connectivity index is 2.88. The summed E-state index contributed by atoms with van der Waals surface area (Å²) in [4.78, 5) is 0. The van der Waals surface area contributed by atoms with E-state index in [1.165, 1.54) is 24.8 Å². The van der Waals surface area contributed by atoms with Gasteiger partial charge in [-0.15, -0.1) is 6.58 Å². The van der Waals surface area contributed by atoms with Gasteiger partial charge in [0.2, 0.25) is 0 Å². The zero-order chi connectivity index (χ0) is 10.6. The summed E-state index contributed by atoms with van der Waals surface area (Å²) in [6, 6.07) is 0. The van der Waals surface area contributed by atoms with Crippen LogP contribution in [0.3, 0.4) is 0 Å². The fourth-order valence-electron chi connectivity index (χ4n) is 1.12. The van der Waals surface area contributed by atoms with Crippen molar-refractivity contribution in [2.75, 3.05) is 26.3 Å². The van der Waals surface area contributed by atoms with E-state index < -0.39 is 0 Å². The standard InChI is InChI=1S/C12H25NO/c1-4-5-6-8-13-9-11-14-10-7-12(2)3/h13H,2,4-11H2,1,3H3. The number of ether oxygens (including phenoxy) is 1. The zero-order valence-corrected chi connectivity index (χ0v) is 9.77. The summed E-state index contributed by atoms with van der Waals surface area (Å²) in [7, 11) is 0. The molecule has 0 bridgehead atoms. The Kier molecular flexibility index (Phi) is 10.5. The van der Waals surface area contributed by atoms with Crippen LogP contribution in [0.2, 0.25) is 0 Å². The molecule has 14 heavy (non-hydrogen) atoms. The first-order valence-corrected chi connectivity index (χ1v) is 5.70. The van der Waals surface area contributed by atoms with Crippen LogP contribution in [-0.2, 0) is 4.74 Å². The largest absolute Gasteiger partial charge is 0.380 e. The molecule has 0 saturated heterocycles. The van der Waals surface area contributed by atoms with Crippen LogP contribution < -0.4 is 5.32 Å². The van der Waals surface area contributed by atoms with E-state index in [1.807, 2.05) is 6.92 Å². The molecule has 2 heteroatoms. The molecule has 0 fully saturated rings. The summed E-state index contributed by atoms with van der Waals surface area (Å²) in [6.07, 6.45) is 4.87. The van der Waals surface area contributed by atoms with E-state index in [2.05, 4.69) is 18.8 Å². The lowest BCUT2D eigenvalue weighted by molar-refractivity contribution is 0.139. The summed E-state index contributed by atoms with van der Waals surface area (Å²) in [5.74, 6) is 0. The molecule has 0 aromatic carbocycles. The van der Waals surface area contributed by atoms with Gasteiger partial charge in [0.25, 0.3) is 0 Å². The van der Waals surface area contributed by atoms with Crippen molar-refractivity contribution < 1.29 is 4.74 Å². The van der Waals surface area contributed by atoms with Gasteiger partial charge in [0, 0.05) is 6.54 Å². The van der Waals surface area contributed by atoms with Crippen molar-refractivity contribution in [3.63, 3.8) is 0 Å². The van der Waals surface area contributed by atoms with Crippen LogP contribution >= 0.6 is 0 Å². The van der Waals surface area contributed by atoms with Gasteiger partial charge in [-0.3, -0.25) is 0 Å². The molecule has 0 aromatic heterocycles. The summed E-state index contributed by atoms with van der Waals surface area (Å²) in [5, 5.41) is 3.36. The summed E-state index contributed by atoms with van der Waals surface area (Å²) < 4.78 is 5.43. The highest BCUT2D eigenvalue weighted by Crippen LogP contribution is 1.94. The monoisotopic (exact) mass is 199 g/mol. The van der Waals surface area contributed by atoms with Gasteiger partial charge in [-0.2, -0.15) is 0 Å². The second-order valence-corrected chi connectivity index (χ2v) is 3.78. The second-order valence-electron chi connectivity index (χ2n) is 3.78. The molecule has 84 valence electrons. The number of hydrogen-bond acceptors (Lipinski definition) is 2. The Morgan fingerprint density at radius 3 is 2.64 bits per heavy atom. The van der Waals surface area contributed by atoms with Crippen molar-refractivity contribution in [2.24, 2.45) is 0 Å². The average molecular weight is 199 g/mol. The van der Waals surface area contributed by atoms with Gasteiger partial charge < -0.3 is 10.1 Å². The number of rotatable bonds is 10. The molecule has 0 amide bonds. The van der Waals surface area contributed by atoms with Gasteiger partial charge in [-0.25, -0.2) is 0 Å². The Morgan fingerprint density at radius 1 is 1.21 bits per heavy atom. The van der Waals surface area contributed by atoms with Crippen LogP contribution in [0, 0.1) is 0 Å². The van der Waals surface area contributed by atoms with Gasteiger partial charge in [-0.1, -0.05) is 25.3 Å². The molecule has 0 radical (unpaired) electrons. The van der Waals surface area contributed by atoms with Crippen molar-refractivity contribution in [1.29, 1.82) is 0 Å².